The van der Waals surface area contributed by atoms with E-state index >= 15 is 0 Å². The summed E-state index contributed by atoms with van der Waals surface area (Å²) in [6.07, 6.45) is 3.13. The first-order valence-electron chi connectivity index (χ1n) is 2.50. The Morgan fingerprint density at radius 2 is 2.12 bits per heavy atom. The van der Waals surface area contributed by atoms with E-state index in [0.717, 1.165) is 0 Å². The number of halogens is 1. The highest BCUT2D eigenvalue weighted by Gasteiger charge is 1.86. The van der Waals surface area contributed by atoms with Gasteiger partial charge < -0.3 is 0 Å². The third-order valence-corrected chi connectivity index (χ3v) is 0.738. The lowest BCUT2D eigenvalue weighted by Crippen LogP contribution is -1.80. The molecule has 0 aliphatic carbocycles. The Balaban J connectivity index is 3.50. The van der Waals surface area contributed by atoms with Gasteiger partial charge >= 0.3 is 0 Å². The van der Waals surface area contributed by atoms with Crippen LogP contribution in [-0.4, -0.2) is 5.24 Å². The monoisotopic (exact) mass is 132 g/mol. The molecule has 0 aromatic heterocycles. The van der Waals surface area contributed by atoms with Crippen molar-refractivity contribution in [1.82, 2.24) is 0 Å². The molecule has 0 bridgehead atoms. The fraction of sp³-hybridized carbons (Fsp3) is 0.500. The Morgan fingerprint density at radius 1 is 1.62 bits per heavy atom. The Labute approximate surface area is 54.3 Å². The minimum atomic E-state index is -0.404. The molecule has 1 nitrogen and oxygen atoms in total. The Hall–Kier alpha value is -0.300. The molecule has 0 spiro atoms. The Bertz CT molecular complexity index is 105. The van der Waals surface area contributed by atoms with Gasteiger partial charge in [-0.25, -0.2) is 0 Å². The van der Waals surface area contributed by atoms with Gasteiger partial charge in [-0.15, -0.1) is 0 Å². The summed E-state index contributed by atoms with van der Waals surface area (Å²) in [6.45, 7) is 3.96. The first-order chi connectivity index (χ1) is 3.63. The van der Waals surface area contributed by atoms with Gasteiger partial charge in [0.05, 0.1) is 0 Å². The van der Waals surface area contributed by atoms with Gasteiger partial charge in [0.2, 0.25) is 5.24 Å². The predicted octanol–water partition coefficient (Wildman–Crippen LogP) is 1.96. The molecule has 2 heteroatoms. The van der Waals surface area contributed by atoms with Crippen LogP contribution in [0.1, 0.15) is 13.8 Å². The van der Waals surface area contributed by atoms with Gasteiger partial charge in [-0.3, -0.25) is 4.79 Å². The number of carbonyl (C=O) groups excluding carboxylic acids is 1. The second-order valence-corrected chi connectivity index (χ2v) is 2.28. The molecule has 0 radical (unpaired) electrons. The molecule has 0 atom stereocenters. The maximum absolute atomic E-state index is 10.0. The van der Waals surface area contributed by atoms with Crippen LogP contribution in [0.15, 0.2) is 12.2 Å². The van der Waals surface area contributed by atoms with Crippen molar-refractivity contribution in [3.05, 3.63) is 12.2 Å². The number of rotatable bonds is 2. The zero-order valence-corrected chi connectivity index (χ0v) is 5.77. The van der Waals surface area contributed by atoms with E-state index in [0.29, 0.717) is 5.92 Å². The van der Waals surface area contributed by atoms with Crippen molar-refractivity contribution in [3.8, 4) is 0 Å². The smallest absolute Gasteiger partial charge is 0.244 e. The Morgan fingerprint density at radius 3 is 2.25 bits per heavy atom. The van der Waals surface area contributed by atoms with E-state index in [1.807, 2.05) is 13.8 Å². The zero-order chi connectivity index (χ0) is 6.57. The summed E-state index contributed by atoms with van der Waals surface area (Å²) in [6, 6.07) is 0. The van der Waals surface area contributed by atoms with Gasteiger partial charge in [-0.2, -0.15) is 0 Å². The number of allylic oxidation sites excluding steroid dienone is 2. The lowest BCUT2D eigenvalue weighted by atomic mass is 10.2. The molecule has 0 saturated carbocycles. The molecule has 0 saturated heterocycles. The summed E-state index contributed by atoms with van der Waals surface area (Å²) < 4.78 is 0. The van der Waals surface area contributed by atoms with Crippen LogP contribution in [0.5, 0.6) is 0 Å². The minimum Gasteiger partial charge on any atom is -0.276 e. The summed E-state index contributed by atoms with van der Waals surface area (Å²) in [5.74, 6) is 0.401. The SMILES string of the molecule is CC(C)/C=C/C(=O)Cl. The topological polar surface area (TPSA) is 17.1 Å². The van der Waals surface area contributed by atoms with Crippen LogP contribution in [0.25, 0.3) is 0 Å². The second-order valence-electron chi connectivity index (χ2n) is 1.91. The largest absolute Gasteiger partial charge is 0.276 e. The van der Waals surface area contributed by atoms with E-state index < -0.39 is 5.24 Å². The fourth-order valence-electron chi connectivity index (χ4n) is 0.268. The molecular weight excluding hydrogens is 124 g/mol. The van der Waals surface area contributed by atoms with Crippen LogP contribution in [-0.2, 0) is 4.79 Å². The van der Waals surface area contributed by atoms with Crippen molar-refractivity contribution >= 4 is 16.8 Å². The van der Waals surface area contributed by atoms with Crippen molar-refractivity contribution in [2.75, 3.05) is 0 Å². The highest BCUT2D eigenvalue weighted by molar-refractivity contribution is 6.66. The van der Waals surface area contributed by atoms with Gasteiger partial charge in [-0.05, 0) is 23.6 Å². The number of hydrogen-bond donors (Lipinski definition) is 0. The molecule has 0 aliphatic heterocycles. The lowest BCUT2D eigenvalue weighted by Gasteiger charge is -1.88. The predicted molar refractivity (Wildman–Crippen MR) is 34.8 cm³/mol. The highest BCUT2D eigenvalue weighted by atomic mass is 35.5. The summed E-state index contributed by atoms with van der Waals surface area (Å²) >= 11 is 5.00. The fourth-order valence-corrected chi connectivity index (χ4v) is 0.341. The summed E-state index contributed by atoms with van der Waals surface area (Å²) in [5.41, 5.74) is 0. The maximum Gasteiger partial charge on any atom is 0.244 e. The summed E-state index contributed by atoms with van der Waals surface area (Å²) in [4.78, 5) is 10.0. The van der Waals surface area contributed by atoms with Crippen LogP contribution in [0.2, 0.25) is 0 Å². The molecule has 0 heterocycles. The first-order valence-corrected chi connectivity index (χ1v) is 2.88. The number of hydrogen-bond acceptors (Lipinski definition) is 1. The molecule has 0 aromatic carbocycles. The van der Waals surface area contributed by atoms with Gasteiger partial charge in [0.25, 0.3) is 0 Å². The average Bonchev–Trinajstić information content (AvgIpc) is 1.61. The Kier molecular flexibility index (Phi) is 3.53. The summed E-state index contributed by atoms with van der Waals surface area (Å²) in [7, 11) is 0. The van der Waals surface area contributed by atoms with Crippen molar-refractivity contribution < 1.29 is 4.79 Å². The van der Waals surface area contributed by atoms with E-state index in [4.69, 9.17) is 11.6 Å². The van der Waals surface area contributed by atoms with Gasteiger partial charge in [0, 0.05) is 0 Å². The standard InChI is InChI=1S/C6H9ClO/c1-5(2)3-4-6(7)8/h3-5H,1-2H3/b4-3+. The van der Waals surface area contributed by atoms with Crippen molar-refractivity contribution in [3.63, 3.8) is 0 Å². The molecule has 0 rings (SSSR count). The average molecular weight is 133 g/mol. The van der Waals surface area contributed by atoms with Gasteiger partial charge in [-0.1, -0.05) is 19.9 Å². The molecule has 0 N–H and O–H groups in total. The van der Waals surface area contributed by atoms with Crippen LogP contribution in [0, 0.1) is 5.92 Å². The van der Waals surface area contributed by atoms with Crippen LogP contribution in [0.3, 0.4) is 0 Å². The highest BCUT2D eigenvalue weighted by Crippen LogP contribution is 1.94. The third kappa shape index (κ3) is 5.70. The van der Waals surface area contributed by atoms with Crippen LogP contribution in [0.4, 0.5) is 0 Å². The molecular formula is C6H9ClO. The number of carbonyl (C=O) groups is 1. The van der Waals surface area contributed by atoms with Crippen LogP contribution >= 0.6 is 11.6 Å². The van der Waals surface area contributed by atoms with E-state index in [9.17, 15) is 4.79 Å². The van der Waals surface area contributed by atoms with Crippen LogP contribution < -0.4 is 0 Å². The molecule has 46 valence electrons. The van der Waals surface area contributed by atoms with E-state index in [1.165, 1.54) is 6.08 Å². The molecule has 8 heavy (non-hydrogen) atoms. The van der Waals surface area contributed by atoms with E-state index in [-0.39, 0.29) is 0 Å². The molecule has 0 aliphatic rings. The maximum atomic E-state index is 10.0. The minimum absolute atomic E-state index is 0.401. The van der Waals surface area contributed by atoms with Crippen molar-refractivity contribution in [2.24, 2.45) is 5.92 Å². The molecule has 0 unspecified atom stereocenters. The zero-order valence-electron chi connectivity index (χ0n) is 5.02. The van der Waals surface area contributed by atoms with Crippen molar-refractivity contribution in [2.45, 2.75) is 13.8 Å². The third-order valence-electron chi connectivity index (χ3n) is 0.612. The molecule has 0 aromatic rings. The van der Waals surface area contributed by atoms with Gasteiger partial charge in [0.15, 0.2) is 0 Å². The normalized spacial score (nSPS) is 11.0. The quantitative estimate of drug-likeness (QED) is 0.415. The summed E-state index contributed by atoms with van der Waals surface area (Å²) in [5, 5.41) is -0.404. The molecule has 0 amide bonds. The molecule has 0 fully saturated rings. The first kappa shape index (κ1) is 7.70. The lowest BCUT2D eigenvalue weighted by molar-refractivity contribution is -0.107. The van der Waals surface area contributed by atoms with Crippen molar-refractivity contribution in [1.29, 1.82) is 0 Å². The van der Waals surface area contributed by atoms with E-state index in [2.05, 4.69) is 0 Å². The van der Waals surface area contributed by atoms with Gasteiger partial charge in [0.1, 0.15) is 0 Å². The second kappa shape index (κ2) is 3.67. The van der Waals surface area contributed by atoms with E-state index in [1.54, 1.807) is 6.08 Å².